The van der Waals surface area contributed by atoms with Gasteiger partial charge in [-0.1, -0.05) is 54.1 Å². The lowest BCUT2D eigenvalue weighted by molar-refractivity contribution is -0.140. The van der Waals surface area contributed by atoms with Crippen molar-refractivity contribution in [2.75, 3.05) is 5.32 Å². The van der Waals surface area contributed by atoms with Gasteiger partial charge in [0, 0.05) is 5.69 Å². The molecule has 0 spiro atoms. The standard InChI is InChI=1S/C22H16ClF3N4O2/c1-11-7-6-10-14(17(11)23)28-20(31)15-12(2)27-19-16(13-8-4-3-5-9-13)18(22(24,25)26)29-30(19)21(15)32/h3-10,27H,1-2H3,(H,28,31). The maximum absolute atomic E-state index is 13.7. The first-order chi connectivity index (χ1) is 15.1. The lowest BCUT2D eigenvalue weighted by Crippen LogP contribution is -2.29. The highest BCUT2D eigenvalue weighted by molar-refractivity contribution is 6.34. The van der Waals surface area contributed by atoms with Crippen LogP contribution in [0.5, 0.6) is 0 Å². The number of amides is 1. The molecule has 0 aliphatic heterocycles. The van der Waals surface area contributed by atoms with Crippen LogP contribution in [0.25, 0.3) is 16.8 Å². The highest BCUT2D eigenvalue weighted by Gasteiger charge is 2.39. The molecule has 0 bridgehead atoms. The van der Waals surface area contributed by atoms with Crippen LogP contribution in [0.2, 0.25) is 5.02 Å². The third-order valence-corrected chi connectivity index (χ3v) is 5.47. The molecule has 4 aromatic rings. The minimum absolute atomic E-state index is 0.0922. The van der Waals surface area contributed by atoms with E-state index in [1.54, 1.807) is 43.3 Å². The van der Waals surface area contributed by atoms with E-state index in [4.69, 9.17) is 11.6 Å². The fourth-order valence-electron chi connectivity index (χ4n) is 3.46. The van der Waals surface area contributed by atoms with Crippen molar-refractivity contribution in [2.24, 2.45) is 0 Å². The molecule has 0 unspecified atom stereocenters. The molecule has 0 fully saturated rings. The number of aryl methyl sites for hydroxylation is 2. The summed E-state index contributed by atoms with van der Waals surface area (Å²) in [4.78, 5) is 28.7. The van der Waals surface area contributed by atoms with Crippen molar-refractivity contribution < 1.29 is 18.0 Å². The minimum Gasteiger partial charge on any atom is -0.342 e. The molecule has 0 radical (unpaired) electrons. The first-order valence-corrected chi connectivity index (χ1v) is 9.82. The molecular weight excluding hydrogens is 445 g/mol. The van der Waals surface area contributed by atoms with Crippen molar-refractivity contribution in [3.63, 3.8) is 0 Å². The second-order valence-electron chi connectivity index (χ2n) is 7.17. The highest BCUT2D eigenvalue weighted by Crippen LogP contribution is 2.38. The van der Waals surface area contributed by atoms with Gasteiger partial charge in [-0.2, -0.15) is 22.8 Å². The summed E-state index contributed by atoms with van der Waals surface area (Å²) >= 11 is 6.20. The number of nitrogens with one attached hydrogen (secondary N) is 2. The Balaban J connectivity index is 1.92. The second-order valence-corrected chi connectivity index (χ2v) is 7.55. The number of benzene rings is 2. The predicted octanol–water partition coefficient (Wildman–Crippen LogP) is 5.23. The van der Waals surface area contributed by atoms with Crippen LogP contribution in [0.3, 0.4) is 0 Å². The van der Waals surface area contributed by atoms with E-state index in [2.05, 4.69) is 15.4 Å². The Kier molecular flexibility index (Phi) is 5.29. The number of nitrogens with zero attached hydrogens (tertiary/aromatic N) is 2. The van der Waals surface area contributed by atoms with Gasteiger partial charge < -0.3 is 10.3 Å². The van der Waals surface area contributed by atoms with Crippen molar-refractivity contribution in [3.05, 3.63) is 86.4 Å². The van der Waals surface area contributed by atoms with Crippen LogP contribution < -0.4 is 10.9 Å². The molecule has 2 heterocycles. The molecule has 0 atom stereocenters. The Morgan fingerprint density at radius 3 is 2.44 bits per heavy atom. The number of rotatable bonds is 3. The molecule has 1 amide bonds. The molecule has 10 heteroatoms. The summed E-state index contributed by atoms with van der Waals surface area (Å²) in [6, 6.07) is 12.8. The molecule has 2 aromatic heterocycles. The Morgan fingerprint density at radius 1 is 1.09 bits per heavy atom. The Hall–Kier alpha value is -3.59. The van der Waals surface area contributed by atoms with Crippen LogP contribution in [-0.4, -0.2) is 20.5 Å². The zero-order valence-electron chi connectivity index (χ0n) is 16.8. The average molecular weight is 461 g/mol. The lowest BCUT2D eigenvalue weighted by Gasteiger charge is -2.11. The number of alkyl halides is 3. The van der Waals surface area contributed by atoms with Gasteiger partial charge in [0.05, 0.1) is 16.3 Å². The van der Waals surface area contributed by atoms with E-state index in [1.165, 1.54) is 19.1 Å². The fraction of sp³-hybridized carbons (Fsp3) is 0.136. The van der Waals surface area contributed by atoms with Crippen molar-refractivity contribution in [3.8, 4) is 11.1 Å². The van der Waals surface area contributed by atoms with Gasteiger partial charge in [-0.3, -0.25) is 9.59 Å². The summed E-state index contributed by atoms with van der Waals surface area (Å²) in [5.74, 6) is -0.816. The van der Waals surface area contributed by atoms with E-state index in [0.717, 1.165) is 0 Å². The number of fused-ring (bicyclic) bond motifs is 1. The van der Waals surface area contributed by atoms with E-state index in [-0.39, 0.29) is 33.7 Å². The summed E-state index contributed by atoms with van der Waals surface area (Å²) in [5, 5.41) is 6.36. The molecule has 0 aliphatic rings. The number of anilines is 1. The molecule has 0 aliphatic carbocycles. The van der Waals surface area contributed by atoms with Crippen LogP contribution in [0.1, 0.15) is 27.3 Å². The van der Waals surface area contributed by atoms with Gasteiger partial charge in [0.15, 0.2) is 5.69 Å². The van der Waals surface area contributed by atoms with Crippen LogP contribution in [0.4, 0.5) is 18.9 Å². The smallest absolute Gasteiger partial charge is 0.342 e. The van der Waals surface area contributed by atoms with E-state index >= 15 is 0 Å². The van der Waals surface area contributed by atoms with Gasteiger partial charge in [0.25, 0.3) is 11.5 Å². The van der Waals surface area contributed by atoms with Gasteiger partial charge in [-0.05, 0) is 31.0 Å². The van der Waals surface area contributed by atoms with Crippen molar-refractivity contribution >= 4 is 28.8 Å². The van der Waals surface area contributed by atoms with Gasteiger partial charge in [0.2, 0.25) is 0 Å². The molecule has 32 heavy (non-hydrogen) atoms. The number of aromatic amines is 1. The van der Waals surface area contributed by atoms with Gasteiger partial charge in [-0.15, -0.1) is 0 Å². The van der Waals surface area contributed by atoms with Crippen LogP contribution in [-0.2, 0) is 6.18 Å². The van der Waals surface area contributed by atoms with Crippen molar-refractivity contribution in [1.29, 1.82) is 0 Å². The largest absolute Gasteiger partial charge is 0.435 e. The molecule has 164 valence electrons. The number of halogens is 4. The Bertz CT molecular complexity index is 1410. The van der Waals surface area contributed by atoms with Crippen LogP contribution in [0, 0.1) is 13.8 Å². The van der Waals surface area contributed by atoms with Gasteiger partial charge >= 0.3 is 6.18 Å². The molecule has 6 nitrogen and oxygen atoms in total. The molecule has 2 N–H and O–H groups in total. The van der Waals surface area contributed by atoms with E-state index < -0.39 is 23.3 Å². The maximum atomic E-state index is 13.7. The SMILES string of the molecule is Cc1cccc(NC(=O)c2c(C)[nH]c3c(-c4ccccc4)c(C(F)(F)F)nn3c2=O)c1Cl. The molecule has 2 aromatic carbocycles. The summed E-state index contributed by atoms with van der Waals surface area (Å²) in [6.07, 6.45) is -4.82. The Morgan fingerprint density at radius 2 is 1.78 bits per heavy atom. The van der Waals surface area contributed by atoms with E-state index in [1.807, 2.05) is 0 Å². The van der Waals surface area contributed by atoms with Crippen LogP contribution >= 0.6 is 11.6 Å². The second kappa shape index (κ2) is 7.83. The summed E-state index contributed by atoms with van der Waals surface area (Å²) in [6.45, 7) is 3.18. The van der Waals surface area contributed by atoms with Crippen molar-refractivity contribution in [2.45, 2.75) is 20.0 Å². The topological polar surface area (TPSA) is 79.3 Å². The van der Waals surface area contributed by atoms with Gasteiger partial charge in [-0.25, -0.2) is 0 Å². The summed E-state index contributed by atoms with van der Waals surface area (Å²) < 4.78 is 41.8. The number of hydrogen-bond donors (Lipinski definition) is 2. The third-order valence-electron chi connectivity index (χ3n) is 4.97. The number of aromatic nitrogens is 3. The zero-order valence-corrected chi connectivity index (χ0v) is 17.6. The lowest BCUT2D eigenvalue weighted by atomic mass is 10.1. The first-order valence-electron chi connectivity index (χ1n) is 9.44. The number of carbonyl (C=O) groups excluding carboxylic acids is 1. The quantitative estimate of drug-likeness (QED) is 0.439. The number of hydrogen-bond acceptors (Lipinski definition) is 3. The third kappa shape index (κ3) is 3.64. The van der Waals surface area contributed by atoms with Crippen LogP contribution in [0.15, 0.2) is 53.3 Å². The zero-order chi connectivity index (χ0) is 23.2. The van der Waals surface area contributed by atoms with Gasteiger partial charge in [0.1, 0.15) is 11.2 Å². The van der Waals surface area contributed by atoms with Crippen molar-refractivity contribution in [1.82, 2.24) is 14.6 Å². The molecule has 0 saturated heterocycles. The predicted molar refractivity (Wildman–Crippen MR) is 115 cm³/mol. The van der Waals surface area contributed by atoms with E-state index in [0.29, 0.717) is 15.1 Å². The maximum Gasteiger partial charge on any atom is 0.435 e. The summed E-state index contributed by atoms with van der Waals surface area (Å²) in [7, 11) is 0. The number of carbonyl (C=O) groups is 1. The molecule has 0 saturated carbocycles. The monoisotopic (exact) mass is 460 g/mol. The average Bonchev–Trinajstić information content (AvgIpc) is 3.12. The molecular formula is C22H16ClF3N4O2. The normalized spacial score (nSPS) is 11.7. The first kappa shape index (κ1) is 21.6. The summed E-state index contributed by atoms with van der Waals surface area (Å²) in [5.41, 5.74) is -1.70. The highest BCUT2D eigenvalue weighted by atomic mass is 35.5. The minimum atomic E-state index is -4.82. The Labute approximate surface area is 184 Å². The fourth-order valence-corrected chi connectivity index (χ4v) is 3.63. The molecule has 4 rings (SSSR count). The van der Waals surface area contributed by atoms with E-state index in [9.17, 15) is 22.8 Å². The number of H-pyrrole nitrogens is 1.